The van der Waals surface area contributed by atoms with Crippen LogP contribution in [0.3, 0.4) is 0 Å². The Bertz CT molecular complexity index is 891. The van der Waals surface area contributed by atoms with Gasteiger partial charge in [-0.2, -0.15) is 36.5 Å². The fraction of sp³-hybridized carbons (Fsp3) is 0.353. The zero-order valence-electron chi connectivity index (χ0n) is 15.0. The summed E-state index contributed by atoms with van der Waals surface area (Å²) in [4.78, 5) is 23.7. The molecule has 1 aromatic rings. The Morgan fingerprint density at radius 3 is 2.34 bits per heavy atom. The number of amides is 1. The second-order valence-electron chi connectivity index (χ2n) is 6.30. The number of hydrogen-bond donors (Lipinski definition) is 2. The normalized spacial score (nSPS) is 20.5. The summed E-state index contributed by atoms with van der Waals surface area (Å²) in [6.45, 7) is 2.30. The molecule has 0 unspecified atom stereocenters. The van der Waals surface area contributed by atoms with Gasteiger partial charge in [-0.15, -0.1) is 0 Å². The topological polar surface area (TPSA) is 82.0 Å². The van der Waals surface area contributed by atoms with Gasteiger partial charge < -0.3 is 10.4 Å². The summed E-state index contributed by atoms with van der Waals surface area (Å²) in [6, 6.07) is 4.98. The first-order valence-electron chi connectivity index (χ1n) is 8.00. The first-order valence-corrected chi connectivity index (χ1v) is 8.00. The first kappa shape index (κ1) is 22.4. The number of anilines is 1. The Morgan fingerprint density at radius 1 is 1.21 bits per heavy atom. The third-order valence-corrected chi connectivity index (χ3v) is 3.89. The van der Waals surface area contributed by atoms with Crippen molar-refractivity contribution in [1.82, 2.24) is 5.01 Å². The molecular formula is C17H15F6N3O3. The minimum atomic E-state index is -5.21. The number of para-hydroxylation sites is 1. The number of carbonyl (C=O) groups is 2. The molecule has 158 valence electrons. The second-order valence-corrected chi connectivity index (χ2v) is 6.30. The Kier molecular flexibility index (Phi) is 5.79. The van der Waals surface area contributed by atoms with Gasteiger partial charge >= 0.3 is 12.4 Å². The molecule has 1 amide bonds. The highest BCUT2D eigenvalue weighted by Crippen LogP contribution is 2.41. The van der Waals surface area contributed by atoms with Gasteiger partial charge in [0.25, 0.3) is 17.4 Å². The molecule has 1 aliphatic heterocycles. The van der Waals surface area contributed by atoms with Crippen LogP contribution in [0.25, 0.3) is 0 Å². The number of carbonyl (C=O) groups excluding carboxylic acids is 2. The van der Waals surface area contributed by atoms with Gasteiger partial charge in [0.1, 0.15) is 0 Å². The van der Waals surface area contributed by atoms with Crippen LogP contribution < -0.4 is 5.32 Å². The third-order valence-electron chi connectivity index (χ3n) is 3.89. The molecule has 0 aliphatic carbocycles. The van der Waals surface area contributed by atoms with Crippen LogP contribution in [0.5, 0.6) is 0 Å². The monoisotopic (exact) mass is 423 g/mol. The third kappa shape index (κ3) is 4.58. The number of halogens is 6. The van der Waals surface area contributed by atoms with E-state index in [9.17, 15) is 41.0 Å². The number of nitrogens with one attached hydrogen (secondary N) is 1. The molecule has 1 aromatic carbocycles. The molecule has 0 saturated carbocycles. The number of nitrogens with zero attached hydrogens (tertiary/aromatic N) is 2. The standard InChI is InChI=1S/C17H15F6N3O3/c1-9(7-13(27)16(18,19)20)24-12-6-4-3-5-11(12)14(28)26-15(29,17(21,22)23)8-10(2)25-26/h3-7,24,29H,8H2,1-2H3/b9-7+/t15-/m0/s1. The van der Waals surface area contributed by atoms with E-state index in [-0.39, 0.29) is 28.2 Å². The molecule has 1 heterocycles. The van der Waals surface area contributed by atoms with E-state index < -0.39 is 41.8 Å². The fourth-order valence-electron chi connectivity index (χ4n) is 2.57. The molecule has 12 heteroatoms. The van der Waals surface area contributed by atoms with Gasteiger partial charge in [-0.25, -0.2) is 0 Å². The Labute approximate surface area is 160 Å². The summed E-state index contributed by atoms with van der Waals surface area (Å²) in [5, 5.41) is 15.8. The van der Waals surface area contributed by atoms with Crippen molar-refractivity contribution >= 4 is 23.1 Å². The average Bonchev–Trinajstić information content (AvgIpc) is 2.89. The summed E-state index contributed by atoms with van der Waals surface area (Å²) in [5.41, 5.74) is -4.58. The van der Waals surface area contributed by atoms with Gasteiger partial charge in [0.15, 0.2) is 0 Å². The molecule has 1 atom stereocenters. The van der Waals surface area contributed by atoms with E-state index in [0.717, 1.165) is 13.0 Å². The van der Waals surface area contributed by atoms with Crippen LogP contribution in [0.4, 0.5) is 32.0 Å². The van der Waals surface area contributed by atoms with Gasteiger partial charge in [0.05, 0.1) is 11.3 Å². The van der Waals surface area contributed by atoms with E-state index in [1.807, 2.05) is 0 Å². The highest BCUT2D eigenvalue weighted by Gasteiger charge is 2.62. The predicted molar refractivity (Wildman–Crippen MR) is 89.8 cm³/mol. The maximum absolute atomic E-state index is 13.3. The maximum atomic E-state index is 13.3. The minimum Gasteiger partial charge on any atom is -0.362 e. The lowest BCUT2D eigenvalue weighted by Crippen LogP contribution is -2.56. The molecule has 29 heavy (non-hydrogen) atoms. The first-order chi connectivity index (χ1) is 13.2. The molecule has 0 saturated heterocycles. The number of hydrazone groups is 1. The molecule has 2 N–H and O–H groups in total. The SMILES string of the molecule is CC1=NN(C(=O)c2ccccc2N/C(C)=C/C(=O)C(F)(F)F)[C@@](O)(C(F)(F)F)C1. The Hall–Kier alpha value is -2.89. The number of ketones is 1. The summed E-state index contributed by atoms with van der Waals surface area (Å²) in [7, 11) is 0. The van der Waals surface area contributed by atoms with E-state index in [4.69, 9.17) is 0 Å². The smallest absolute Gasteiger partial charge is 0.362 e. The number of rotatable bonds is 4. The lowest BCUT2D eigenvalue weighted by Gasteiger charge is -2.33. The van der Waals surface area contributed by atoms with Crippen LogP contribution in [0, 0.1) is 0 Å². The van der Waals surface area contributed by atoms with Crippen molar-refractivity contribution in [3.8, 4) is 0 Å². The van der Waals surface area contributed by atoms with Crippen LogP contribution in [0.15, 0.2) is 41.1 Å². The lowest BCUT2D eigenvalue weighted by atomic mass is 10.1. The number of hydrogen-bond acceptors (Lipinski definition) is 5. The average molecular weight is 423 g/mol. The zero-order valence-corrected chi connectivity index (χ0v) is 15.0. The largest absolute Gasteiger partial charge is 0.454 e. The molecule has 2 rings (SSSR count). The number of benzene rings is 1. The van der Waals surface area contributed by atoms with Crippen molar-refractivity contribution in [1.29, 1.82) is 0 Å². The van der Waals surface area contributed by atoms with E-state index in [1.165, 1.54) is 25.1 Å². The maximum Gasteiger partial charge on any atom is 0.454 e. The van der Waals surface area contributed by atoms with Crippen molar-refractivity contribution in [2.75, 3.05) is 5.32 Å². The fourth-order valence-corrected chi connectivity index (χ4v) is 2.57. The quantitative estimate of drug-likeness (QED) is 0.573. The van der Waals surface area contributed by atoms with E-state index in [1.54, 1.807) is 0 Å². The second kappa shape index (κ2) is 7.50. The van der Waals surface area contributed by atoms with Crippen molar-refractivity contribution in [2.45, 2.75) is 38.3 Å². The van der Waals surface area contributed by atoms with Crippen LogP contribution in [0.2, 0.25) is 0 Å². The minimum absolute atomic E-state index is 0.108. The predicted octanol–water partition coefficient (Wildman–Crippen LogP) is 3.61. The van der Waals surface area contributed by atoms with Crippen molar-refractivity contribution in [2.24, 2.45) is 5.10 Å². The van der Waals surface area contributed by atoms with Gasteiger partial charge in [0.2, 0.25) is 0 Å². The highest BCUT2D eigenvalue weighted by atomic mass is 19.4. The Morgan fingerprint density at radius 2 is 1.79 bits per heavy atom. The van der Waals surface area contributed by atoms with Gasteiger partial charge in [-0.3, -0.25) is 9.59 Å². The van der Waals surface area contributed by atoms with Gasteiger partial charge in [-0.05, 0) is 26.0 Å². The molecule has 0 fully saturated rings. The Balaban J connectivity index is 2.39. The van der Waals surface area contributed by atoms with Crippen LogP contribution in [0.1, 0.15) is 30.6 Å². The van der Waals surface area contributed by atoms with E-state index >= 15 is 0 Å². The highest BCUT2D eigenvalue weighted by molar-refractivity contribution is 6.02. The van der Waals surface area contributed by atoms with Crippen LogP contribution in [-0.4, -0.2) is 45.6 Å². The number of allylic oxidation sites excluding steroid dienone is 2. The summed E-state index contributed by atoms with van der Waals surface area (Å²) >= 11 is 0. The summed E-state index contributed by atoms with van der Waals surface area (Å²) < 4.78 is 77.1. The molecule has 6 nitrogen and oxygen atoms in total. The summed E-state index contributed by atoms with van der Waals surface area (Å²) in [6.07, 6.45) is -11.0. The number of alkyl halides is 6. The molecular weight excluding hydrogens is 408 g/mol. The zero-order chi connectivity index (χ0) is 22.2. The van der Waals surface area contributed by atoms with Crippen LogP contribution >= 0.6 is 0 Å². The van der Waals surface area contributed by atoms with E-state index in [2.05, 4.69) is 10.4 Å². The molecule has 0 aromatic heterocycles. The van der Waals surface area contributed by atoms with E-state index in [0.29, 0.717) is 0 Å². The summed E-state index contributed by atoms with van der Waals surface area (Å²) in [5.74, 6) is -3.49. The lowest BCUT2D eigenvalue weighted by molar-refractivity contribution is -0.297. The molecule has 0 radical (unpaired) electrons. The molecule has 0 spiro atoms. The van der Waals surface area contributed by atoms with Gasteiger partial charge in [-0.1, -0.05) is 12.1 Å². The van der Waals surface area contributed by atoms with Crippen molar-refractivity contribution < 1.29 is 41.0 Å². The number of aliphatic hydroxyl groups is 1. The van der Waals surface area contributed by atoms with Crippen molar-refractivity contribution in [3.05, 3.63) is 41.6 Å². The molecule has 0 bridgehead atoms. The van der Waals surface area contributed by atoms with Crippen LogP contribution in [-0.2, 0) is 4.79 Å². The molecule has 1 aliphatic rings. The van der Waals surface area contributed by atoms with Gasteiger partial charge in [0, 0.05) is 23.9 Å². The van der Waals surface area contributed by atoms with Crippen molar-refractivity contribution in [3.63, 3.8) is 0 Å².